The summed E-state index contributed by atoms with van der Waals surface area (Å²) in [5.41, 5.74) is 2.11. The Labute approximate surface area is 226 Å². The van der Waals surface area contributed by atoms with Crippen LogP contribution in [0.15, 0.2) is 48.5 Å². The van der Waals surface area contributed by atoms with Gasteiger partial charge in [-0.1, -0.05) is 52.0 Å². The predicted octanol–water partition coefficient (Wildman–Crippen LogP) is 5.32. The van der Waals surface area contributed by atoms with E-state index in [1.807, 2.05) is 48.5 Å². The molecule has 2 aliphatic rings. The van der Waals surface area contributed by atoms with Crippen molar-refractivity contribution < 1.29 is 37.9 Å². The molecule has 8 heteroatoms. The number of rotatable bonds is 13. The lowest BCUT2D eigenvalue weighted by molar-refractivity contribution is -0.226. The van der Waals surface area contributed by atoms with Crippen LogP contribution in [0.1, 0.15) is 51.4 Å². The Morgan fingerprint density at radius 2 is 0.842 bits per heavy atom. The summed E-state index contributed by atoms with van der Waals surface area (Å²) >= 11 is 0. The zero-order valence-electron chi connectivity index (χ0n) is 23.1. The van der Waals surface area contributed by atoms with Gasteiger partial charge in [-0.05, 0) is 24.3 Å². The lowest BCUT2D eigenvalue weighted by Gasteiger charge is -2.34. The van der Waals surface area contributed by atoms with Gasteiger partial charge in [-0.2, -0.15) is 0 Å². The van der Waals surface area contributed by atoms with E-state index in [1.54, 1.807) is 0 Å². The summed E-state index contributed by atoms with van der Waals surface area (Å²) in [6.45, 7) is 14.2. The molecule has 0 unspecified atom stereocenters. The van der Waals surface area contributed by atoms with Crippen LogP contribution >= 0.6 is 0 Å². The van der Waals surface area contributed by atoms with E-state index in [9.17, 15) is 0 Å². The van der Waals surface area contributed by atoms with Crippen molar-refractivity contribution in [2.24, 2.45) is 10.8 Å². The molecular weight excluding hydrogens is 488 g/mol. The molecule has 0 bridgehead atoms. The third-order valence-corrected chi connectivity index (χ3v) is 6.17. The van der Waals surface area contributed by atoms with Crippen molar-refractivity contribution in [1.29, 1.82) is 0 Å². The number of ether oxygens (including phenoxy) is 8. The monoisotopic (exact) mass is 530 g/mol. The van der Waals surface area contributed by atoms with Crippen LogP contribution in [0, 0.1) is 10.8 Å². The van der Waals surface area contributed by atoms with Crippen molar-refractivity contribution in [3.05, 3.63) is 59.7 Å². The molecule has 0 aliphatic carbocycles. The SMILES string of the molecule is CC1(C)COC(c2ccc(OCCOCCOCCOc3ccc(C4OCC(C)(C)CO4)cc3)cc2)OC1. The highest BCUT2D eigenvalue weighted by atomic mass is 16.7. The summed E-state index contributed by atoms with van der Waals surface area (Å²) in [5.74, 6) is 1.58. The van der Waals surface area contributed by atoms with Gasteiger partial charge in [-0.3, -0.25) is 0 Å². The van der Waals surface area contributed by atoms with Crippen LogP contribution in [0.3, 0.4) is 0 Å². The number of benzene rings is 2. The second kappa shape index (κ2) is 13.7. The largest absolute Gasteiger partial charge is 0.491 e. The molecule has 0 atom stereocenters. The third kappa shape index (κ3) is 9.22. The van der Waals surface area contributed by atoms with Crippen molar-refractivity contribution in [1.82, 2.24) is 0 Å². The lowest BCUT2D eigenvalue weighted by atomic mass is 9.95. The molecule has 0 radical (unpaired) electrons. The average molecular weight is 531 g/mol. The summed E-state index contributed by atoms with van der Waals surface area (Å²) in [6.07, 6.45) is -0.619. The van der Waals surface area contributed by atoms with Crippen LogP contribution < -0.4 is 9.47 Å². The molecule has 4 rings (SSSR count). The van der Waals surface area contributed by atoms with E-state index in [1.165, 1.54) is 0 Å². The third-order valence-electron chi connectivity index (χ3n) is 6.17. The molecule has 0 aromatic heterocycles. The molecular formula is C30H42O8. The summed E-state index contributed by atoms with van der Waals surface area (Å²) in [6, 6.07) is 15.6. The number of hydrogen-bond acceptors (Lipinski definition) is 8. The fourth-order valence-electron chi connectivity index (χ4n) is 3.97. The molecule has 210 valence electrons. The van der Waals surface area contributed by atoms with E-state index >= 15 is 0 Å². The van der Waals surface area contributed by atoms with Gasteiger partial charge in [0.15, 0.2) is 12.6 Å². The first-order chi connectivity index (χ1) is 18.3. The molecule has 2 heterocycles. The first-order valence-electron chi connectivity index (χ1n) is 13.4. The van der Waals surface area contributed by atoms with E-state index in [0.29, 0.717) is 66.1 Å². The van der Waals surface area contributed by atoms with Crippen LogP contribution in [-0.2, 0) is 28.4 Å². The van der Waals surface area contributed by atoms with Gasteiger partial charge >= 0.3 is 0 Å². The highest BCUT2D eigenvalue weighted by molar-refractivity contribution is 5.29. The minimum absolute atomic E-state index is 0.0598. The van der Waals surface area contributed by atoms with E-state index in [-0.39, 0.29) is 23.4 Å². The predicted molar refractivity (Wildman–Crippen MR) is 142 cm³/mol. The molecule has 8 nitrogen and oxygen atoms in total. The minimum atomic E-state index is -0.309. The van der Waals surface area contributed by atoms with Gasteiger partial charge in [0.05, 0.1) is 52.9 Å². The van der Waals surface area contributed by atoms with Crippen LogP contribution in [0.4, 0.5) is 0 Å². The first kappa shape index (κ1) is 28.8. The van der Waals surface area contributed by atoms with Crippen LogP contribution in [-0.4, -0.2) is 66.1 Å². The minimum Gasteiger partial charge on any atom is -0.491 e. The highest BCUT2D eigenvalue weighted by Crippen LogP contribution is 2.32. The van der Waals surface area contributed by atoms with Crippen LogP contribution in [0.5, 0.6) is 11.5 Å². The fourth-order valence-corrected chi connectivity index (χ4v) is 3.97. The maximum Gasteiger partial charge on any atom is 0.183 e. The second-order valence-electron chi connectivity index (χ2n) is 11.3. The first-order valence-corrected chi connectivity index (χ1v) is 13.4. The van der Waals surface area contributed by atoms with Crippen LogP contribution in [0.2, 0.25) is 0 Å². The zero-order valence-corrected chi connectivity index (χ0v) is 23.1. The van der Waals surface area contributed by atoms with E-state index in [4.69, 9.17) is 37.9 Å². The Bertz CT molecular complexity index is 858. The van der Waals surface area contributed by atoms with Crippen molar-refractivity contribution in [2.45, 2.75) is 40.3 Å². The molecule has 2 aliphatic heterocycles. The number of hydrogen-bond donors (Lipinski definition) is 0. The van der Waals surface area contributed by atoms with E-state index in [0.717, 1.165) is 22.6 Å². The van der Waals surface area contributed by atoms with Gasteiger partial charge in [0.2, 0.25) is 0 Å². The molecule has 2 aromatic rings. The summed E-state index contributed by atoms with van der Waals surface area (Å²) < 4.78 is 46.0. The molecule has 0 spiro atoms. The molecule has 0 N–H and O–H groups in total. The van der Waals surface area contributed by atoms with Gasteiger partial charge in [0.1, 0.15) is 24.7 Å². The molecule has 2 fully saturated rings. The Morgan fingerprint density at radius 3 is 1.18 bits per heavy atom. The molecule has 0 amide bonds. The van der Waals surface area contributed by atoms with Crippen molar-refractivity contribution in [2.75, 3.05) is 66.1 Å². The maximum absolute atomic E-state index is 5.82. The Kier molecular flexibility index (Phi) is 10.4. The second-order valence-corrected chi connectivity index (χ2v) is 11.3. The topological polar surface area (TPSA) is 73.8 Å². The van der Waals surface area contributed by atoms with Crippen LogP contribution in [0.25, 0.3) is 0 Å². The molecule has 0 saturated carbocycles. The Balaban J connectivity index is 0.994. The van der Waals surface area contributed by atoms with Crippen molar-refractivity contribution in [3.8, 4) is 11.5 Å². The quantitative estimate of drug-likeness (QED) is 0.322. The van der Waals surface area contributed by atoms with E-state index in [2.05, 4.69) is 27.7 Å². The summed E-state index contributed by atoms with van der Waals surface area (Å²) in [7, 11) is 0. The molecule has 38 heavy (non-hydrogen) atoms. The van der Waals surface area contributed by atoms with Crippen molar-refractivity contribution >= 4 is 0 Å². The van der Waals surface area contributed by atoms with Gasteiger partial charge in [0.25, 0.3) is 0 Å². The summed E-state index contributed by atoms with van der Waals surface area (Å²) in [4.78, 5) is 0. The highest BCUT2D eigenvalue weighted by Gasteiger charge is 2.30. The van der Waals surface area contributed by atoms with Gasteiger partial charge < -0.3 is 37.9 Å². The summed E-state index contributed by atoms with van der Waals surface area (Å²) in [5, 5.41) is 0. The lowest BCUT2D eigenvalue weighted by Crippen LogP contribution is -2.33. The molecule has 2 aromatic carbocycles. The Hall–Kier alpha value is -2.20. The average Bonchev–Trinajstić information content (AvgIpc) is 2.91. The Morgan fingerprint density at radius 1 is 0.526 bits per heavy atom. The zero-order chi connectivity index (χ0) is 26.8. The standard InChI is InChI=1S/C30H42O8/c1-29(2)19-35-27(36-20-29)23-5-9-25(10-6-23)33-17-15-31-13-14-32-16-18-34-26-11-7-24(8-12-26)28-37-21-30(3,4)22-38-28/h5-12,27-28H,13-22H2,1-4H3. The smallest absolute Gasteiger partial charge is 0.183 e. The normalized spacial score (nSPS) is 19.8. The van der Waals surface area contributed by atoms with Crippen molar-refractivity contribution in [3.63, 3.8) is 0 Å². The maximum atomic E-state index is 5.82. The van der Waals surface area contributed by atoms with Gasteiger partial charge in [0, 0.05) is 22.0 Å². The fraction of sp³-hybridized carbons (Fsp3) is 0.600. The van der Waals surface area contributed by atoms with Gasteiger partial charge in [-0.25, -0.2) is 0 Å². The molecule has 2 saturated heterocycles. The van der Waals surface area contributed by atoms with E-state index < -0.39 is 0 Å². The van der Waals surface area contributed by atoms with Gasteiger partial charge in [-0.15, -0.1) is 0 Å².